The van der Waals surface area contributed by atoms with Gasteiger partial charge in [0.25, 0.3) is 0 Å². The van der Waals surface area contributed by atoms with Gasteiger partial charge in [0.05, 0.1) is 42.9 Å². The Kier molecular flexibility index (Phi) is 4.87. The molecule has 168 valence electrons. The van der Waals surface area contributed by atoms with Crippen LogP contribution in [0.1, 0.15) is 23.9 Å². The van der Waals surface area contributed by atoms with Gasteiger partial charge in [0.1, 0.15) is 5.82 Å². The van der Waals surface area contributed by atoms with Crippen molar-refractivity contribution in [1.29, 1.82) is 0 Å². The zero-order valence-electron chi connectivity index (χ0n) is 18.7. The Balaban J connectivity index is 1.40. The molecule has 0 fully saturated rings. The van der Waals surface area contributed by atoms with E-state index in [0.29, 0.717) is 18.6 Å². The zero-order valence-corrected chi connectivity index (χ0v) is 19.5. The van der Waals surface area contributed by atoms with Gasteiger partial charge in [0.2, 0.25) is 0 Å². The molecule has 7 nitrogen and oxygen atoms in total. The summed E-state index contributed by atoms with van der Waals surface area (Å²) in [5, 5.41) is 3.00. The molecule has 0 saturated heterocycles. The molecular formula is C25H25ClN6O. The van der Waals surface area contributed by atoms with E-state index < -0.39 is 0 Å². The average molecular weight is 461 g/mol. The lowest BCUT2D eigenvalue weighted by Crippen LogP contribution is -2.43. The number of fused-ring (bicyclic) bond motifs is 3. The number of nitrogens with zero attached hydrogens (tertiary/aromatic N) is 6. The van der Waals surface area contributed by atoms with Crippen molar-refractivity contribution in [3.8, 4) is 6.01 Å². The van der Waals surface area contributed by atoms with Gasteiger partial charge in [-0.05, 0) is 30.9 Å². The van der Waals surface area contributed by atoms with E-state index in [0.717, 1.165) is 59.0 Å². The van der Waals surface area contributed by atoms with Gasteiger partial charge in [-0.15, -0.1) is 0 Å². The topological polar surface area (TPSA) is 59.3 Å². The molecule has 0 amide bonds. The first-order valence-electron chi connectivity index (χ1n) is 11.2. The zero-order chi connectivity index (χ0) is 22.5. The summed E-state index contributed by atoms with van der Waals surface area (Å²) in [7, 11) is 1.63. The maximum absolute atomic E-state index is 6.62. The highest BCUT2D eigenvalue weighted by Gasteiger charge is 2.31. The highest BCUT2D eigenvalue weighted by atomic mass is 35.5. The van der Waals surface area contributed by atoms with Gasteiger partial charge in [0, 0.05) is 42.0 Å². The maximum atomic E-state index is 6.62. The van der Waals surface area contributed by atoms with Crippen LogP contribution in [0.4, 0.5) is 11.5 Å². The van der Waals surface area contributed by atoms with Crippen LogP contribution in [-0.4, -0.2) is 39.2 Å². The second-order valence-electron chi connectivity index (χ2n) is 8.76. The molecule has 1 unspecified atom stereocenters. The van der Waals surface area contributed by atoms with E-state index >= 15 is 0 Å². The molecule has 8 heteroatoms. The summed E-state index contributed by atoms with van der Waals surface area (Å²) >= 11 is 6.62. The van der Waals surface area contributed by atoms with E-state index in [-0.39, 0.29) is 0 Å². The fourth-order valence-electron chi connectivity index (χ4n) is 5.10. The molecule has 4 aromatic rings. The fraction of sp³-hybridized carbons (Fsp3) is 0.320. The number of hydrogen-bond donors (Lipinski definition) is 0. The lowest BCUT2D eigenvalue weighted by atomic mass is 10.0. The van der Waals surface area contributed by atoms with Crippen molar-refractivity contribution < 1.29 is 4.74 Å². The summed E-state index contributed by atoms with van der Waals surface area (Å²) in [5.74, 6) is 0.979. The number of rotatable bonds is 3. The van der Waals surface area contributed by atoms with Gasteiger partial charge < -0.3 is 19.1 Å². The molecule has 0 bridgehead atoms. The first-order valence-corrected chi connectivity index (χ1v) is 11.6. The maximum Gasteiger partial charge on any atom is 0.318 e. The predicted octanol–water partition coefficient (Wildman–Crippen LogP) is 4.46. The monoisotopic (exact) mass is 460 g/mol. The summed E-state index contributed by atoms with van der Waals surface area (Å²) in [5.41, 5.74) is 4.55. The Morgan fingerprint density at radius 3 is 2.79 bits per heavy atom. The Bertz CT molecular complexity index is 1350. The first kappa shape index (κ1) is 20.3. The smallest absolute Gasteiger partial charge is 0.318 e. The molecule has 1 atom stereocenters. The van der Waals surface area contributed by atoms with Crippen LogP contribution in [0.2, 0.25) is 5.02 Å². The third-order valence-corrected chi connectivity index (χ3v) is 7.09. The van der Waals surface area contributed by atoms with Crippen LogP contribution in [0.25, 0.3) is 10.8 Å². The van der Waals surface area contributed by atoms with E-state index in [4.69, 9.17) is 26.3 Å². The number of halogens is 1. The summed E-state index contributed by atoms with van der Waals surface area (Å²) < 4.78 is 7.75. The number of benzene rings is 2. The number of methoxy groups -OCH3 is 1. The Morgan fingerprint density at radius 1 is 1.09 bits per heavy atom. The van der Waals surface area contributed by atoms with Gasteiger partial charge in [-0.3, -0.25) is 0 Å². The van der Waals surface area contributed by atoms with E-state index in [1.807, 2.05) is 24.7 Å². The van der Waals surface area contributed by atoms with Crippen molar-refractivity contribution in [2.24, 2.45) is 0 Å². The molecule has 0 saturated carbocycles. The molecule has 0 aliphatic carbocycles. The molecule has 2 aromatic heterocycles. The predicted molar refractivity (Wildman–Crippen MR) is 130 cm³/mol. The van der Waals surface area contributed by atoms with Crippen LogP contribution < -0.4 is 14.5 Å². The second-order valence-corrected chi connectivity index (χ2v) is 9.17. The molecule has 33 heavy (non-hydrogen) atoms. The SMILES string of the molecule is COc1nc2c(c(N3Cc4cncn4CC3C)n1)CCN(c1cccc3cccc(Cl)c13)C2. The van der Waals surface area contributed by atoms with Gasteiger partial charge in [0.15, 0.2) is 0 Å². The molecule has 6 rings (SSSR count). The van der Waals surface area contributed by atoms with Crippen molar-refractivity contribution in [1.82, 2.24) is 19.5 Å². The van der Waals surface area contributed by atoms with Crippen LogP contribution in [0.5, 0.6) is 6.01 Å². The van der Waals surface area contributed by atoms with Crippen molar-refractivity contribution in [3.63, 3.8) is 0 Å². The first-order chi connectivity index (χ1) is 16.1. The highest BCUT2D eigenvalue weighted by molar-refractivity contribution is 6.36. The minimum Gasteiger partial charge on any atom is -0.467 e. The summed E-state index contributed by atoms with van der Waals surface area (Å²) in [4.78, 5) is 18.6. The summed E-state index contributed by atoms with van der Waals surface area (Å²) in [6, 6.07) is 13.1. The van der Waals surface area contributed by atoms with Crippen LogP contribution in [0, 0.1) is 0 Å². The second kappa shape index (κ2) is 7.92. The van der Waals surface area contributed by atoms with E-state index in [9.17, 15) is 0 Å². The molecule has 0 radical (unpaired) electrons. The number of ether oxygens (including phenoxy) is 1. The summed E-state index contributed by atoms with van der Waals surface area (Å²) in [6.45, 7) is 5.45. The number of hydrogen-bond acceptors (Lipinski definition) is 6. The van der Waals surface area contributed by atoms with E-state index in [2.05, 4.69) is 50.5 Å². The third kappa shape index (κ3) is 3.38. The Labute approximate surface area is 197 Å². The van der Waals surface area contributed by atoms with Crippen molar-refractivity contribution in [2.45, 2.75) is 39.0 Å². The van der Waals surface area contributed by atoms with Gasteiger partial charge >= 0.3 is 6.01 Å². The quantitative estimate of drug-likeness (QED) is 0.450. The van der Waals surface area contributed by atoms with Gasteiger partial charge in [-0.2, -0.15) is 9.97 Å². The lowest BCUT2D eigenvalue weighted by molar-refractivity contribution is 0.374. The summed E-state index contributed by atoms with van der Waals surface area (Å²) in [6.07, 6.45) is 4.71. The molecular weight excluding hydrogens is 436 g/mol. The van der Waals surface area contributed by atoms with Crippen LogP contribution >= 0.6 is 11.6 Å². The molecule has 2 aliphatic rings. The van der Waals surface area contributed by atoms with Crippen LogP contribution in [-0.2, 0) is 26.1 Å². The van der Waals surface area contributed by atoms with E-state index in [1.165, 1.54) is 11.3 Å². The highest BCUT2D eigenvalue weighted by Crippen LogP contribution is 2.37. The largest absolute Gasteiger partial charge is 0.467 e. The number of aromatic nitrogens is 4. The van der Waals surface area contributed by atoms with Crippen LogP contribution in [0.15, 0.2) is 48.9 Å². The van der Waals surface area contributed by atoms with Crippen molar-refractivity contribution in [3.05, 3.63) is 70.9 Å². The Hall–Kier alpha value is -3.32. The minimum atomic E-state index is 0.297. The Morgan fingerprint density at radius 2 is 1.94 bits per heavy atom. The molecule has 2 aliphatic heterocycles. The van der Waals surface area contributed by atoms with Crippen molar-refractivity contribution >= 4 is 33.9 Å². The van der Waals surface area contributed by atoms with Crippen molar-refractivity contribution in [2.75, 3.05) is 23.5 Å². The number of anilines is 2. The molecule has 2 aromatic carbocycles. The third-order valence-electron chi connectivity index (χ3n) is 6.77. The van der Waals surface area contributed by atoms with Gasteiger partial charge in [-0.1, -0.05) is 35.9 Å². The van der Waals surface area contributed by atoms with E-state index in [1.54, 1.807) is 7.11 Å². The normalized spacial score (nSPS) is 17.7. The molecule has 4 heterocycles. The van der Waals surface area contributed by atoms with Crippen LogP contribution in [0.3, 0.4) is 0 Å². The minimum absolute atomic E-state index is 0.297. The van der Waals surface area contributed by atoms with Gasteiger partial charge in [-0.25, -0.2) is 4.98 Å². The molecule has 0 N–H and O–H groups in total. The average Bonchev–Trinajstić information content (AvgIpc) is 3.29. The standard InChI is InChI=1S/C25H25ClN6O/c1-16-12-31-15-27-11-18(31)13-32(16)24-19-9-10-30(14-21(19)28-25(29-24)33-2)22-8-4-6-17-5-3-7-20(26)23(17)22/h3-8,11,15-16H,9-10,12-14H2,1-2H3. The lowest BCUT2D eigenvalue weighted by Gasteiger charge is -2.38. The number of imidazole rings is 1. The molecule has 0 spiro atoms. The fourth-order valence-corrected chi connectivity index (χ4v) is 5.38.